The third kappa shape index (κ3) is 5.07. The number of methoxy groups -OCH3 is 2. The Morgan fingerprint density at radius 1 is 1.09 bits per heavy atom. The zero-order valence-corrected chi connectivity index (χ0v) is 13.8. The third-order valence-corrected chi connectivity index (χ3v) is 3.48. The molecular formula is C17H19ClN2O3. The molecule has 0 radical (unpaired) electrons. The smallest absolute Gasteiger partial charge is 0.239 e. The molecule has 23 heavy (non-hydrogen) atoms. The van der Waals surface area contributed by atoms with E-state index in [9.17, 15) is 4.79 Å². The standard InChI is InChI=1S/C17H19ClN2O3/c1-22-14-6-3-12(4-7-14)10-20-17(21)11-19-15-9-13(18)5-8-16(15)23-2/h3-9,19H,10-11H2,1-2H3,(H,20,21). The van der Waals surface area contributed by atoms with Crippen molar-refractivity contribution >= 4 is 23.2 Å². The number of rotatable bonds is 7. The minimum atomic E-state index is -0.122. The number of halogens is 1. The molecule has 0 heterocycles. The topological polar surface area (TPSA) is 59.6 Å². The highest BCUT2D eigenvalue weighted by atomic mass is 35.5. The van der Waals surface area contributed by atoms with Crippen LogP contribution in [-0.4, -0.2) is 26.7 Å². The van der Waals surface area contributed by atoms with Crippen LogP contribution in [0.1, 0.15) is 5.56 Å². The highest BCUT2D eigenvalue weighted by Crippen LogP contribution is 2.27. The number of amides is 1. The maximum absolute atomic E-state index is 11.9. The molecule has 0 unspecified atom stereocenters. The summed E-state index contributed by atoms with van der Waals surface area (Å²) in [5.74, 6) is 1.30. The lowest BCUT2D eigenvalue weighted by Gasteiger charge is -2.12. The second kappa shape index (κ2) is 8.29. The monoisotopic (exact) mass is 334 g/mol. The number of hydrogen-bond donors (Lipinski definition) is 2. The maximum Gasteiger partial charge on any atom is 0.239 e. The summed E-state index contributed by atoms with van der Waals surface area (Å²) in [6, 6.07) is 12.7. The fourth-order valence-electron chi connectivity index (χ4n) is 2.00. The molecule has 0 aliphatic heterocycles. The summed E-state index contributed by atoms with van der Waals surface area (Å²) in [6.07, 6.45) is 0. The largest absolute Gasteiger partial charge is 0.497 e. The Labute approximate surface area is 140 Å². The molecule has 0 spiro atoms. The van der Waals surface area contributed by atoms with Gasteiger partial charge in [0.15, 0.2) is 0 Å². The third-order valence-electron chi connectivity index (χ3n) is 3.25. The normalized spacial score (nSPS) is 10.0. The van der Waals surface area contributed by atoms with Crippen molar-refractivity contribution in [3.05, 3.63) is 53.1 Å². The second-order valence-electron chi connectivity index (χ2n) is 4.82. The first-order valence-electron chi connectivity index (χ1n) is 7.09. The molecule has 1 amide bonds. The predicted molar refractivity (Wildman–Crippen MR) is 91.3 cm³/mol. The van der Waals surface area contributed by atoms with E-state index in [1.54, 1.807) is 32.4 Å². The Morgan fingerprint density at radius 3 is 2.48 bits per heavy atom. The van der Waals surface area contributed by atoms with Crippen LogP contribution in [0.25, 0.3) is 0 Å². The van der Waals surface area contributed by atoms with Gasteiger partial charge in [-0.15, -0.1) is 0 Å². The lowest BCUT2D eigenvalue weighted by atomic mass is 10.2. The van der Waals surface area contributed by atoms with Crippen molar-refractivity contribution in [3.8, 4) is 11.5 Å². The van der Waals surface area contributed by atoms with Gasteiger partial charge in [0, 0.05) is 11.6 Å². The van der Waals surface area contributed by atoms with Gasteiger partial charge in [0.05, 0.1) is 26.5 Å². The molecular weight excluding hydrogens is 316 g/mol. The number of anilines is 1. The predicted octanol–water partition coefficient (Wildman–Crippen LogP) is 3.09. The Balaban J connectivity index is 1.84. The number of carbonyl (C=O) groups excluding carboxylic acids is 1. The zero-order valence-electron chi connectivity index (χ0n) is 13.1. The van der Waals surface area contributed by atoms with Gasteiger partial charge in [-0.05, 0) is 35.9 Å². The van der Waals surface area contributed by atoms with E-state index < -0.39 is 0 Å². The Kier molecular flexibility index (Phi) is 6.11. The van der Waals surface area contributed by atoms with Crippen LogP contribution in [-0.2, 0) is 11.3 Å². The van der Waals surface area contributed by atoms with Gasteiger partial charge in [0.2, 0.25) is 5.91 Å². The van der Waals surface area contributed by atoms with E-state index in [0.29, 0.717) is 23.0 Å². The van der Waals surface area contributed by atoms with Crippen molar-refractivity contribution in [2.24, 2.45) is 0 Å². The first-order valence-corrected chi connectivity index (χ1v) is 7.47. The summed E-state index contributed by atoms with van der Waals surface area (Å²) in [6.45, 7) is 0.587. The van der Waals surface area contributed by atoms with Gasteiger partial charge >= 0.3 is 0 Å². The molecule has 0 saturated carbocycles. The Hall–Kier alpha value is -2.40. The number of benzene rings is 2. The quantitative estimate of drug-likeness (QED) is 0.817. The molecule has 2 aromatic rings. The summed E-state index contributed by atoms with van der Waals surface area (Å²) < 4.78 is 10.3. The van der Waals surface area contributed by atoms with Gasteiger partial charge < -0.3 is 20.1 Å². The van der Waals surface area contributed by atoms with Crippen LogP contribution < -0.4 is 20.1 Å². The minimum absolute atomic E-state index is 0.122. The van der Waals surface area contributed by atoms with Crippen molar-refractivity contribution in [3.63, 3.8) is 0 Å². The summed E-state index contributed by atoms with van der Waals surface area (Å²) in [7, 11) is 3.19. The van der Waals surface area contributed by atoms with E-state index >= 15 is 0 Å². The summed E-state index contributed by atoms with van der Waals surface area (Å²) in [4.78, 5) is 11.9. The fraction of sp³-hybridized carbons (Fsp3) is 0.235. The number of hydrogen-bond acceptors (Lipinski definition) is 4. The van der Waals surface area contributed by atoms with Gasteiger partial charge in [-0.25, -0.2) is 0 Å². The average Bonchev–Trinajstić information content (AvgIpc) is 2.58. The van der Waals surface area contributed by atoms with Crippen LogP contribution in [0.5, 0.6) is 11.5 Å². The molecule has 0 aliphatic rings. The molecule has 2 aromatic carbocycles. The average molecular weight is 335 g/mol. The lowest BCUT2D eigenvalue weighted by Crippen LogP contribution is -2.29. The maximum atomic E-state index is 11.9. The molecule has 0 saturated heterocycles. The summed E-state index contributed by atoms with van der Waals surface area (Å²) in [5, 5.41) is 6.44. The fourth-order valence-corrected chi connectivity index (χ4v) is 2.17. The van der Waals surface area contributed by atoms with Crippen molar-refractivity contribution in [1.82, 2.24) is 5.32 Å². The first-order chi connectivity index (χ1) is 11.1. The Bertz CT molecular complexity index is 659. The highest BCUT2D eigenvalue weighted by molar-refractivity contribution is 6.30. The number of carbonyl (C=O) groups is 1. The molecule has 0 fully saturated rings. The van der Waals surface area contributed by atoms with E-state index in [0.717, 1.165) is 11.3 Å². The SMILES string of the molecule is COc1ccc(CNC(=O)CNc2cc(Cl)ccc2OC)cc1. The highest BCUT2D eigenvalue weighted by Gasteiger charge is 2.06. The van der Waals surface area contributed by atoms with E-state index in [4.69, 9.17) is 21.1 Å². The van der Waals surface area contributed by atoms with Gasteiger partial charge in [-0.3, -0.25) is 4.79 Å². The van der Waals surface area contributed by atoms with E-state index in [2.05, 4.69) is 10.6 Å². The minimum Gasteiger partial charge on any atom is -0.497 e. The van der Waals surface area contributed by atoms with Crippen molar-refractivity contribution in [1.29, 1.82) is 0 Å². The van der Waals surface area contributed by atoms with Gasteiger partial charge in [0.25, 0.3) is 0 Å². The van der Waals surface area contributed by atoms with Crippen LogP contribution in [0.3, 0.4) is 0 Å². The van der Waals surface area contributed by atoms with Crippen LogP contribution in [0, 0.1) is 0 Å². The molecule has 5 nitrogen and oxygen atoms in total. The van der Waals surface area contributed by atoms with Gasteiger partial charge in [-0.1, -0.05) is 23.7 Å². The molecule has 122 valence electrons. The first kappa shape index (κ1) is 17.0. The van der Waals surface area contributed by atoms with E-state index in [-0.39, 0.29) is 12.5 Å². The number of ether oxygens (including phenoxy) is 2. The van der Waals surface area contributed by atoms with Crippen molar-refractivity contribution in [2.75, 3.05) is 26.1 Å². The Morgan fingerprint density at radius 2 is 1.83 bits per heavy atom. The second-order valence-corrected chi connectivity index (χ2v) is 5.26. The zero-order chi connectivity index (χ0) is 16.7. The molecule has 6 heteroatoms. The summed E-state index contributed by atoms with van der Waals surface area (Å²) in [5.41, 5.74) is 1.68. The van der Waals surface area contributed by atoms with Crippen molar-refractivity contribution < 1.29 is 14.3 Å². The molecule has 0 aliphatic carbocycles. The van der Waals surface area contributed by atoms with E-state index in [1.807, 2.05) is 24.3 Å². The molecule has 0 aromatic heterocycles. The molecule has 2 N–H and O–H groups in total. The van der Waals surface area contributed by atoms with Crippen LogP contribution in [0.4, 0.5) is 5.69 Å². The van der Waals surface area contributed by atoms with Crippen LogP contribution in [0.15, 0.2) is 42.5 Å². The molecule has 0 atom stereocenters. The lowest BCUT2D eigenvalue weighted by molar-refractivity contribution is -0.119. The molecule has 2 rings (SSSR count). The van der Waals surface area contributed by atoms with Gasteiger partial charge in [-0.2, -0.15) is 0 Å². The van der Waals surface area contributed by atoms with Crippen LogP contribution >= 0.6 is 11.6 Å². The van der Waals surface area contributed by atoms with Crippen LogP contribution in [0.2, 0.25) is 5.02 Å². The number of nitrogens with one attached hydrogen (secondary N) is 2. The summed E-state index contributed by atoms with van der Waals surface area (Å²) >= 11 is 5.95. The van der Waals surface area contributed by atoms with Crippen molar-refractivity contribution in [2.45, 2.75) is 6.54 Å². The van der Waals surface area contributed by atoms with Gasteiger partial charge in [0.1, 0.15) is 11.5 Å². The molecule has 0 bridgehead atoms. The van der Waals surface area contributed by atoms with E-state index in [1.165, 1.54) is 0 Å².